The van der Waals surface area contributed by atoms with Crippen molar-refractivity contribution in [3.63, 3.8) is 0 Å². The van der Waals surface area contributed by atoms with Crippen LogP contribution in [0.1, 0.15) is 0 Å². The van der Waals surface area contributed by atoms with Gasteiger partial charge in [-0.2, -0.15) is 0 Å². The Balaban J connectivity index is 2.09. The molecule has 0 aliphatic carbocycles. The molecule has 104 valence electrons. The second-order valence-electron chi connectivity index (χ2n) is 4.42. The summed E-state index contributed by atoms with van der Waals surface area (Å²) >= 11 is 3.25. The molecule has 0 saturated carbocycles. The minimum absolute atomic E-state index is 0.0188. The highest BCUT2D eigenvalue weighted by molar-refractivity contribution is 9.10. The predicted molar refractivity (Wildman–Crippen MR) is 85.8 cm³/mol. The first kappa shape index (κ1) is 13.5. The summed E-state index contributed by atoms with van der Waals surface area (Å²) in [7, 11) is 0. The van der Waals surface area contributed by atoms with Crippen LogP contribution in [0.4, 0.5) is 17.1 Å². The van der Waals surface area contributed by atoms with E-state index >= 15 is 0 Å². The zero-order chi connectivity index (χ0) is 14.8. The number of anilines is 2. The normalized spacial score (nSPS) is 10.5. The van der Waals surface area contributed by atoms with Gasteiger partial charge >= 0.3 is 0 Å². The first-order valence-corrected chi connectivity index (χ1v) is 6.99. The Kier molecular flexibility index (Phi) is 3.53. The molecule has 0 aliphatic heterocycles. The van der Waals surface area contributed by atoms with Gasteiger partial charge in [-0.15, -0.1) is 0 Å². The molecule has 2 aromatic carbocycles. The number of rotatable bonds is 3. The Morgan fingerprint density at radius 3 is 2.76 bits per heavy atom. The molecule has 0 spiro atoms. The van der Waals surface area contributed by atoms with Gasteiger partial charge in [-0.1, -0.05) is 22.0 Å². The zero-order valence-corrected chi connectivity index (χ0v) is 12.4. The zero-order valence-electron chi connectivity index (χ0n) is 10.8. The number of benzene rings is 2. The molecule has 0 bridgehead atoms. The summed E-state index contributed by atoms with van der Waals surface area (Å²) in [6.07, 6.45) is 1.72. The third-order valence-corrected chi connectivity index (χ3v) is 3.56. The highest BCUT2D eigenvalue weighted by Crippen LogP contribution is 2.32. The largest absolute Gasteiger partial charge is 0.349 e. The van der Waals surface area contributed by atoms with Crippen LogP contribution in [-0.2, 0) is 0 Å². The third kappa shape index (κ3) is 2.71. The van der Waals surface area contributed by atoms with E-state index < -0.39 is 4.92 Å². The SMILES string of the molecule is O=[N+]([O-])c1cc(Br)ccc1Nc1cccc2ncccc12. The van der Waals surface area contributed by atoms with Crippen molar-refractivity contribution >= 4 is 43.9 Å². The molecule has 6 heteroatoms. The Morgan fingerprint density at radius 1 is 1.10 bits per heavy atom. The second-order valence-corrected chi connectivity index (χ2v) is 5.33. The van der Waals surface area contributed by atoms with Crippen molar-refractivity contribution in [2.45, 2.75) is 0 Å². The number of fused-ring (bicyclic) bond motifs is 1. The molecule has 3 aromatic rings. The van der Waals surface area contributed by atoms with Gasteiger partial charge in [0, 0.05) is 27.8 Å². The molecule has 21 heavy (non-hydrogen) atoms. The van der Waals surface area contributed by atoms with Crippen LogP contribution < -0.4 is 5.32 Å². The van der Waals surface area contributed by atoms with Crippen LogP contribution in [0.15, 0.2) is 59.2 Å². The number of hydrogen-bond acceptors (Lipinski definition) is 4. The maximum Gasteiger partial charge on any atom is 0.293 e. The molecular weight excluding hydrogens is 334 g/mol. The number of hydrogen-bond donors (Lipinski definition) is 1. The lowest BCUT2D eigenvalue weighted by atomic mass is 10.1. The van der Waals surface area contributed by atoms with Crippen LogP contribution in [0.3, 0.4) is 0 Å². The predicted octanol–water partition coefficient (Wildman–Crippen LogP) is 4.65. The quantitative estimate of drug-likeness (QED) is 0.555. The van der Waals surface area contributed by atoms with Gasteiger partial charge in [-0.25, -0.2) is 0 Å². The number of nitro benzene ring substituents is 1. The smallest absolute Gasteiger partial charge is 0.293 e. The van der Waals surface area contributed by atoms with Crippen LogP contribution in [0.2, 0.25) is 0 Å². The number of aromatic nitrogens is 1. The summed E-state index contributed by atoms with van der Waals surface area (Å²) in [6, 6.07) is 14.3. The Bertz CT molecular complexity index is 831. The third-order valence-electron chi connectivity index (χ3n) is 3.07. The molecule has 0 amide bonds. The Morgan fingerprint density at radius 2 is 1.95 bits per heavy atom. The van der Waals surface area contributed by atoms with Crippen molar-refractivity contribution in [3.8, 4) is 0 Å². The lowest BCUT2D eigenvalue weighted by molar-refractivity contribution is -0.384. The number of nitrogens with zero attached hydrogens (tertiary/aromatic N) is 2. The van der Waals surface area contributed by atoms with Gasteiger partial charge in [0.1, 0.15) is 5.69 Å². The van der Waals surface area contributed by atoms with Gasteiger partial charge in [-0.05, 0) is 36.4 Å². The lowest BCUT2D eigenvalue weighted by Gasteiger charge is -2.10. The van der Waals surface area contributed by atoms with Crippen molar-refractivity contribution in [2.75, 3.05) is 5.32 Å². The molecule has 0 atom stereocenters. The molecule has 1 heterocycles. The van der Waals surface area contributed by atoms with E-state index in [9.17, 15) is 10.1 Å². The van der Waals surface area contributed by atoms with Crippen molar-refractivity contribution in [2.24, 2.45) is 0 Å². The highest BCUT2D eigenvalue weighted by atomic mass is 79.9. The van der Waals surface area contributed by atoms with Crippen LogP contribution in [0, 0.1) is 10.1 Å². The van der Waals surface area contributed by atoms with Crippen LogP contribution in [-0.4, -0.2) is 9.91 Å². The van der Waals surface area contributed by atoms with E-state index in [1.807, 2.05) is 30.3 Å². The molecule has 1 N–H and O–H groups in total. The van der Waals surface area contributed by atoms with Gasteiger partial charge in [0.25, 0.3) is 5.69 Å². The van der Waals surface area contributed by atoms with Crippen LogP contribution in [0.5, 0.6) is 0 Å². The molecular formula is C15H10BrN3O2. The molecule has 0 unspecified atom stereocenters. The summed E-state index contributed by atoms with van der Waals surface area (Å²) in [5.41, 5.74) is 2.08. The first-order valence-electron chi connectivity index (χ1n) is 6.20. The van der Waals surface area contributed by atoms with Crippen molar-refractivity contribution in [3.05, 3.63) is 69.3 Å². The monoisotopic (exact) mass is 343 g/mol. The standard InChI is InChI=1S/C15H10BrN3O2/c16-10-6-7-14(15(9-10)19(20)21)18-13-5-1-4-12-11(13)3-2-8-17-12/h1-9,18H. The molecule has 0 radical (unpaired) electrons. The van der Waals surface area contributed by atoms with E-state index in [0.29, 0.717) is 10.2 Å². The van der Waals surface area contributed by atoms with Gasteiger partial charge in [0.15, 0.2) is 0 Å². The number of pyridine rings is 1. The van der Waals surface area contributed by atoms with Gasteiger partial charge in [0.2, 0.25) is 0 Å². The molecule has 0 fully saturated rings. The van der Waals surface area contributed by atoms with E-state index in [1.54, 1.807) is 18.3 Å². The fraction of sp³-hybridized carbons (Fsp3) is 0. The van der Waals surface area contributed by atoms with E-state index in [-0.39, 0.29) is 5.69 Å². The minimum atomic E-state index is -0.406. The molecule has 0 saturated heterocycles. The minimum Gasteiger partial charge on any atom is -0.349 e. The summed E-state index contributed by atoms with van der Waals surface area (Å²) in [5.74, 6) is 0. The fourth-order valence-electron chi connectivity index (χ4n) is 2.12. The van der Waals surface area contributed by atoms with Gasteiger partial charge in [0.05, 0.1) is 10.4 Å². The second kappa shape index (κ2) is 5.49. The average Bonchev–Trinajstić information content (AvgIpc) is 2.49. The summed E-state index contributed by atoms with van der Waals surface area (Å²) in [4.78, 5) is 15.0. The summed E-state index contributed by atoms with van der Waals surface area (Å²) in [6.45, 7) is 0. The fourth-order valence-corrected chi connectivity index (χ4v) is 2.47. The van der Waals surface area contributed by atoms with Crippen LogP contribution in [0.25, 0.3) is 10.9 Å². The van der Waals surface area contributed by atoms with Crippen LogP contribution >= 0.6 is 15.9 Å². The van der Waals surface area contributed by atoms with E-state index in [4.69, 9.17) is 0 Å². The van der Waals surface area contributed by atoms with E-state index in [1.165, 1.54) is 6.07 Å². The van der Waals surface area contributed by atoms with Crippen molar-refractivity contribution in [1.29, 1.82) is 0 Å². The maximum absolute atomic E-state index is 11.2. The number of nitrogens with one attached hydrogen (secondary N) is 1. The molecule has 1 aromatic heterocycles. The molecule has 5 nitrogen and oxygen atoms in total. The highest BCUT2D eigenvalue weighted by Gasteiger charge is 2.15. The van der Waals surface area contributed by atoms with E-state index in [2.05, 4.69) is 26.2 Å². The summed E-state index contributed by atoms with van der Waals surface area (Å²) < 4.78 is 0.666. The van der Waals surface area contributed by atoms with Crippen molar-refractivity contribution in [1.82, 2.24) is 4.98 Å². The topological polar surface area (TPSA) is 68.1 Å². The van der Waals surface area contributed by atoms with Gasteiger partial charge in [-0.3, -0.25) is 15.1 Å². The number of halogens is 1. The van der Waals surface area contributed by atoms with Gasteiger partial charge < -0.3 is 5.32 Å². The lowest BCUT2D eigenvalue weighted by Crippen LogP contribution is -1.97. The molecule has 0 aliphatic rings. The average molecular weight is 344 g/mol. The Labute approximate surface area is 128 Å². The number of nitro groups is 1. The molecule has 3 rings (SSSR count). The summed E-state index contributed by atoms with van der Waals surface area (Å²) in [5, 5.41) is 15.2. The maximum atomic E-state index is 11.2. The Hall–Kier alpha value is -2.47. The first-order chi connectivity index (χ1) is 10.1. The van der Waals surface area contributed by atoms with E-state index in [0.717, 1.165) is 16.6 Å². The van der Waals surface area contributed by atoms with Crippen molar-refractivity contribution < 1.29 is 4.92 Å².